The van der Waals surface area contributed by atoms with Crippen molar-refractivity contribution in [2.75, 3.05) is 19.0 Å². The van der Waals surface area contributed by atoms with Crippen LogP contribution in [0.3, 0.4) is 0 Å². The SMILES string of the molecule is CN1/C(=C/C=C/C=C/C=C/C=C/C2=[N+](C)c3ccc4ccccc4c3C23CCCCC3)C2(CCCCC2)c2c1ccc1ccccc21. The van der Waals surface area contributed by atoms with Gasteiger partial charge in [-0.1, -0.05) is 136 Å². The van der Waals surface area contributed by atoms with E-state index < -0.39 is 0 Å². The minimum atomic E-state index is 0.120. The van der Waals surface area contributed by atoms with E-state index in [0.717, 1.165) is 0 Å². The van der Waals surface area contributed by atoms with Gasteiger partial charge in [-0.05, 0) is 71.0 Å². The minimum Gasteiger partial charge on any atom is -0.347 e. The van der Waals surface area contributed by atoms with Gasteiger partial charge < -0.3 is 4.90 Å². The van der Waals surface area contributed by atoms with Crippen molar-refractivity contribution in [3.63, 3.8) is 0 Å². The molecule has 2 saturated carbocycles. The molecule has 2 fully saturated rings. The van der Waals surface area contributed by atoms with Crippen molar-refractivity contribution in [1.29, 1.82) is 0 Å². The lowest BCUT2D eigenvalue weighted by molar-refractivity contribution is -0.401. The molecule has 8 rings (SSSR count). The van der Waals surface area contributed by atoms with Crippen LogP contribution in [0, 0.1) is 0 Å². The summed E-state index contributed by atoms with van der Waals surface area (Å²) in [5.41, 5.74) is 9.02. The Bertz CT molecular complexity index is 2020. The van der Waals surface area contributed by atoms with Crippen molar-refractivity contribution in [3.8, 4) is 0 Å². The third kappa shape index (κ3) is 4.87. The molecular formula is C45H47N2+. The molecule has 236 valence electrons. The fourth-order valence-corrected chi connectivity index (χ4v) is 9.72. The summed E-state index contributed by atoms with van der Waals surface area (Å²) in [5.74, 6) is 0. The van der Waals surface area contributed by atoms with Crippen LogP contribution in [0.2, 0.25) is 0 Å². The molecule has 2 heterocycles. The molecule has 2 aliphatic carbocycles. The van der Waals surface area contributed by atoms with Gasteiger partial charge in [0.2, 0.25) is 5.69 Å². The van der Waals surface area contributed by atoms with Gasteiger partial charge in [-0.3, -0.25) is 0 Å². The Balaban J connectivity index is 1.01. The van der Waals surface area contributed by atoms with Gasteiger partial charge in [-0.2, -0.15) is 4.58 Å². The van der Waals surface area contributed by atoms with Gasteiger partial charge in [0, 0.05) is 41.6 Å². The predicted octanol–water partition coefficient (Wildman–Crippen LogP) is 11.4. The molecule has 4 aromatic carbocycles. The molecule has 0 aromatic heterocycles. The molecule has 0 atom stereocenters. The molecule has 0 bridgehead atoms. The molecule has 4 aliphatic rings. The number of fused-ring (bicyclic) bond motifs is 8. The van der Waals surface area contributed by atoms with Gasteiger partial charge in [0.05, 0.1) is 5.41 Å². The molecule has 2 aliphatic heterocycles. The highest BCUT2D eigenvalue weighted by Crippen LogP contribution is 2.57. The van der Waals surface area contributed by atoms with Crippen molar-refractivity contribution in [3.05, 3.63) is 144 Å². The van der Waals surface area contributed by atoms with Gasteiger partial charge >= 0.3 is 0 Å². The Kier molecular flexibility index (Phi) is 7.84. The average molecular weight is 616 g/mol. The summed E-state index contributed by atoms with van der Waals surface area (Å²) >= 11 is 0. The number of hydrogen-bond acceptors (Lipinski definition) is 1. The van der Waals surface area contributed by atoms with Gasteiger partial charge in [-0.25, -0.2) is 0 Å². The lowest BCUT2D eigenvalue weighted by Crippen LogP contribution is -2.36. The summed E-state index contributed by atoms with van der Waals surface area (Å²) in [6.45, 7) is 0. The molecule has 0 N–H and O–H groups in total. The largest absolute Gasteiger partial charge is 0.347 e. The Labute approximate surface area is 280 Å². The van der Waals surface area contributed by atoms with Crippen molar-refractivity contribution < 1.29 is 4.58 Å². The van der Waals surface area contributed by atoms with Crippen LogP contribution in [-0.4, -0.2) is 24.4 Å². The first kappa shape index (κ1) is 29.9. The molecule has 4 aromatic rings. The van der Waals surface area contributed by atoms with E-state index in [4.69, 9.17) is 0 Å². The lowest BCUT2D eigenvalue weighted by Gasteiger charge is -2.36. The maximum absolute atomic E-state index is 2.46. The van der Waals surface area contributed by atoms with E-state index in [1.54, 1.807) is 11.1 Å². The molecule has 2 spiro atoms. The highest BCUT2D eigenvalue weighted by molar-refractivity contribution is 6.08. The summed E-state index contributed by atoms with van der Waals surface area (Å²) in [5, 5.41) is 5.57. The summed E-state index contributed by atoms with van der Waals surface area (Å²) in [6, 6.07) is 27.2. The Morgan fingerprint density at radius 3 is 1.81 bits per heavy atom. The molecule has 0 radical (unpaired) electrons. The summed E-state index contributed by atoms with van der Waals surface area (Å²) in [7, 11) is 4.53. The zero-order valence-corrected chi connectivity index (χ0v) is 28.1. The number of allylic oxidation sites excluding steroid dienone is 10. The third-order valence-corrected chi connectivity index (χ3v) is 11.8. The Morgan fingerprint density at radius 2 is 1.13 bits per heavy atom. The number of benzene rings is 4. The van der Waals surface area contributed by atoms with E-state index >= 15 is 0 Å². The lowest BCUT2D eigenvalue weighted by atomic mass is 9.66. The zero-order valence-electron chi connectivity index (χ0n) is 28.1. The van der Waals surface area contributed by atoms with Crippen molar-refractivity contribution in [1.82, 2.24) is 0 Å². The quantitative estimate of drug-likeness (QED) is 0.160. The van der Waals surface area contributed by atoms with E-state index in [2.05, 4.69) is 151 Å². The predicted molar refractivity (Wildman–Crippen MR) is 201 cm³/mol. The number of rotatable bonds is 5. The van der Waals surface area contributed by atoms with Gasteiger partial charge in [0.1, 0.15) is 7.05 Å². The second kappa shape index (κ2) is 12.3. The average Bonchev–Trinajstić information content (AvgIpc) is 3.48. The highest BCUT2D eigenvalue weighted by Gasteiger charge is 2.51. The first-order chi connectivity index (χ1) is 23.1. The number of anilines is 1. The van der Waals surface area contributed by atoms with E-state index in [0.29, 0.717) is 0 Å². The molecule has 2 heteroatoms. The van der Waals surface area contributed by atoms with E-state index in [1.165, 1.54) is 109 Å². The summed E-state index contributed by atoms with van der Waals surface area (Å²) < 4.78 is 2.46. The van der Waals surface area contributed by atoms with Crippen LogP contribution in [0.1, 0.15) is 75.3 Å². The molecule has 0 amide bonds. The van der Waals surface area contributed by atoms with Crippen LogP contribution in [-0.2, 0) is 10.8 Å². The van der Waals surface area contributed by atoms with Gasteiger partial charge in [-0.15, -0.1) is 0 Å². The molecule has 0 unspecified atom stereocenters. The first-order valence-electron chi connectivity index (χ1n) is 17.9. The van der Waals surface area contributed by atoms with Crippen LogP contribution in [0.25, 0.3) is 21.5 Å². The van der Waals surface area contributed by atoms with Crippen LogP contribution in [0.15, 0.2) is 133 Å². The minimum absolute atomic E-state index is 0.120. The number of likely N-dealkylation sites (N-methyl/N-ethyl adjacent to an activating group) is 1. The maximum Gasteiger partial charge on any atom is 0.210 e. The van der Waals surface area contributed by atoms with Crippen LogP contribution in [0.4, 0.5) is 11.4 Å². The fourth-order valence-electron chi connectivity index (χ4n) is 9.72. The second-order valence-electron chi connectivity index (χ2n) is 14.2. The van der Waals surface area contributed by atoms with Gasteiger partial charge in [0.15, 0.2) is 5.71 Å². The molecule has 0 saturated heterocycles. The summed E-state index contributed by atoms with van der Waals surface area (Å²) in [6.07, 6.45) is 32.9. The summed E-state index contributed by atoms with van der Waals surface area (Å²) in [4.78, 5) is 2.46. The number of hydrogen-bond donors (Lipinski definition) is 0. The standard InChI is InChI=1S/C45H47N2/c1-46-38-28-26-34-20-12-14-22-36(34)42(38)44(30-16-8-17-31-44)40(46)24-10-6-4-3-5-7-11-25-41-45(32-18-9-19-33-45)43-37-23-15-13-21-35(37)27-29-39(43)47(41)2/h3-7,10-15,20-29H,8-9,16-19,30-33H2,1-2H3/q+1. The van der Waals surface area contributed by atoms with Crippen LogP contribution >= 0.6 is 0 Å². The topological polar surface area (TPSA) is 6.25 Å². The first-order valence-corrected chi connectivity index (χ1v) is 17.9. The highest BCUT2D eigenvalue weighted by atomic mass is 15.2. The van der Waals surface area contributed by atoms with Gasteiger partial charge in [0.25, 0.3) is 0 Å². The third-order valence-electron chi connectivity index (χ3n) is 11.8. The Hall–Kier alpha value is -4.43. The van der Waals surface area contributed by atoms with Crippen LogP contribution in [0.5, 0.6) is 0 Å². The monoisotopic (exact) mass is 615 g/mol. The van der Waals surface area contributed by atoms with E-state index in [9.17, 15) is 0 Å². The molecule has 2 nitrogen and oxygen atoms in total. The van der Waals surface area contributed by atoms with Crippen molar-refractivity contribution in [2.24, 2.45) is 0 Å². The molecular weight excluding hydrogens is 569 g/mol. The van der Waals surface area contributed by atoms with E-state index in [-0.39, 0.29) is 10.8 Å². The normalized spacial score (nSPS) is 21.3. The van der Waals surface area contributed by atoms with Crippen molar-refractivity contribution >= 4 is 38.6 Å². The second-order valence-corrected chi connectivity index (χ2v) is 14.2. The van der Waals surface area contributed by atoms with Crippen LogP contribution < -0.4 is 4.90 Å². The smallest absolute Gasteiger partial charge is 0.210 e. The zero-order chi connectivity index (χ0) is 31.8. The Morgan fingerprint density at radius 1 is 0.574 bits per heavy atom. The fraction of sp³-hybridized carbons (Fsp3) is 0.311. The number of nitrogens with zero attached hydrogens (tertiary/aromatic N) is 2. The maximum atomic E-state index is 2.46. The molecule has 47 heavy (non-hydrogen) atoms. The van der Waals surface area contributed by atoms with E-state index in [1.807, 2.05) is 0 Å². The van der Waals surface area contributed by atoms with Crippen molar-refractivity contribution in [2.45, 2.75) is 75.0 Å².